The average molecular weight is 378 g/mol. The molecule has 2 heterocycles. The van der Waals surface area contributed by atoms with Crippen molar-refractivity contribution in [3.63, 3.8) is 0 Å². The fourth-order valence-electron chi connectivity index (χ4n) is 3.06. The Morgan fingerprint density at radius 2 is 2.04 bits per heavy atom. The fraction of sp³-hybridized carbons (Fsp3) is 0.211. The molecular weight excluding hydrogens is 360 g/mol. The molecule has 7 nitrogen and oxygen atoms in total. The second-order valence-corrected chi connectivity index (χ2v) is 7.17. The second-order valence-electron chi connectivity index (χ2n) is 6.27. The molecular formula is C19H18N6OS. The molecule has 3 N–H and O–H groups in total. The number of amides is 1. The molecule has 2 unspecified atom stereocenters. The van der Waals surface area contributed by atoms with Crippen LogP contribution in [0.3, 0.4) is 0 Å². The van der Waals surface area contributed by atoms with Crippen molar-refractivity contribution in [2.24, 2.45) is 16.0 Å². The lowest BCUT2D eigenvalue weighted by atomic mass is 9.89. The summed E-state index contributed by atoms with van der Waals surface area (Å²) in [6.07, 6.45) is 5.60. The molecule has 0 saturated heterocycles. The number of carbonyl (C=O) groups excluding carboxylic acids is 1. The first-order valence-electron chi connectivity index (χ1n) is 8.54. The normalized spacial score (nSPS) is 20.6. The Kier molecular flexibility index (Phi) is 4.72. The van der Waals surface area contributed by atoms with E-state index in [2.05, 4.69) is 24.7 Å². The minimum absolute atomic E-state index is 0.0775. The Balaban J connectivity index is 1.56. The quantitative estimate of drug-likeness (QED) is 0.773. The van der Waals surface area contributed by atoms with Gasteiger partial charge in [-0.3, -0.25) is 4.79 Å². The maximum absolute atomic E-state index is 11.7. The van der Waals surface area contributed by atoms with Crippen LogP contribution < -0.4 is 11.1 Å². The van der Waals surface area contributed by atoms with E-state index in [-0.39, 0.29) is 11.2 Å². The van der Waals surface area contributed by atoms with Crippen molar-refractivity contribution in [1.29, 1.82) is 0 Å². The number of carbonyl (C=O) groups is 1. The van der Waals surface area contributed by atoms with E-state index in [0.29, 0.717) is 29.7 Å². The highest BCUT2D eigenvalue weighted by atomic mass is 32.2. The van der Waals surface area contributed by atoms with Gasteiger partial charge < -0.3 is 11.1 Å². The third-order valence-corrected chi connectivity index (χ3v) is 5.44. The van der Waals surface area contributed by atoms with Gasteiger partial charge in [-0.05, 0) is 24.4 Å². The summed E-state index contributed by atoms with van der Waals surface area (Å²) in [5.74, 6) is 1.13. The van der Waals surface area contributed by atoms with Gasteiger partial charge in [-0.25, -0.2) is 9.38 Å². The highest BCUT2D eigenvalue weighted by Crippen LogP contribution is 2.39. The summed E-state index contributed by atoms with van der Waals surface area (Å²) < 4.78 is 4.54. The van der Waals surface area contributed by atoms with Crippen molar-refractivity contribution in [1.82, 2.24) is 15.0 Å². The van der Waals surface area contributed by atoms with Crippen LogP contribution in [-0.4, -0.2) is 31.8 Å². The smallest absolute Gasteiger partial charge is 0.245 e. The van der Waals surface area contributed by atoms with Crippen molar-refractivity contribution < 1.29 is 4.79 Å². The molecule has 27 heavy (non-hydrogen) atoms. The van der Waals surface area contributed by atoms with Gasteiger partial charge in [0.1, 0.15) is 11.5 Å². The van der Waals surface area contributed by atoms with Gasteiger partial charge in [0.2, 0.25) is 11.9 Å². The first-order valence-corrected chi connectivity index (χ1v) is 9.38. The summed E-state index contributed by atoms with van der Waals surface area (Å²) in [6.45, 7) is 2.44. The van der Waals surface area contributed by atoms with Crippen LogP contribution in [0, 0.1) is 12.8 Å². The molecule has 0 fully saturated rings. The highest BCUT2D eigenvalue weighted by Gasteiger charge is 2.38. The molecule has 0 radical (unpaired) electrons. The van der Waals surface area contributed by atoms with Crippen LogP contribution in [0.2, 0.25) is 0 Å². The lowest BCUT2D eigenvalue weighted by molar-refractivity contribution is -0.114. The minimum atomic E-state index is -0.421. The molecule has 2 atom stereocenters. The zero-order valence-corrected chi connectivity index (χ0v) is 15.5. The molecule has 1 aliphatic heterocycles. The van der Waals surface area contributed by atoms with Gasteiger partial charge in [-0.1, -0.05) is 48.6 Å². The first kappa shape index (κ1) is 17.4. The van der Waals surface area contributed by atoms with Gasteiger partial charge >= 0.3 is 0 Å². The molecule has 2 aromatic rings. The summed E-state index contributed by atoms with van der Waals surface area (Å²) in [7, 11) is 0. The third-order valence-electron chi connectivity index (χ3n) is 4.36. The molecule has 136 valence electrons. The number of rotatable bonds is 5. The van der Waals surface area contributed by atoms with E-state index in [1.54, 1.807) is 6.08 Å². The van der Waals surface area contributed by atoms with Crippen molar-refractivity contribution >= 4 is 29.5 Å². The van der Waals surface area contributed by atoms with E-state index in [4.69, 9.17) is 5.73 Å². The average Bonchev–Trinajstić information content (AvgIpc) is 3.11. The molecule has 1 amide bonds. The number of hydrogen-bond donors (Lipinski definition) is 2. The number of allylic oxidation sites excluding steroid dienone is 3. The third kappa shape index (κ3) is 3.61. The van der Waals surface area contributed by atoms with Crippen LogP contribution in [-0.2, 0) is 11.3 Å². The van der Waals surface area contributed by atoms with Crippen LogP contribution in [0.5, 0.6) is 0 Å². The Labute approximate surface area is 161 Å². The van der Waals surface area contributed by atoms with Crippen molar-refractivity contribution in [3.8, 4) is 0 Å². The molecule has 0 saturated carbocycles. The molecule has 1 aromatic heterocycles. The predicted molar refractivity (Wildman–Crippen MR) is 106 cm³/mol. The largest absolute Gasteiger partial charge is 0.366 e. The Morgan fingerprint density at radius 3 is 2.81 bits per heavy atom. The Morgan fingerprint density at radius 1 is 1.22 bits per heavy atom. The molecule has 1 aliphatic carbocycles. The SMILES string of the molecule is Cc1nc(NCc2ccccc2)nc(C2=NSC3C(C(N)=O)=CC=CC23)n1. The van der Waals surface area contributed by atoms with E-state index >= 15 is 0 Å². The Bertz CT molecular complexity index is 969. The van der Waals surface area contributed by atoms with E-state index in [1.165, 1.54) is 11.9 Å². The van der Waals surface area contributed by atoms with Gasteiger partial charge in [0.25, 0.3) is 0 Å². The number of fused-ring (bicyclic) bond motifs is 1. The molecule has 0 spiro atoms. The van der Waals surface area contributed by atoms with Crippen LogP contribution in [0.1, 0.15) is 17.2 Å². The summed E-state index contributed by atoms with van der Waals surface area (Å²) in [5.41, 5.74) is 7.94. The fourth-order valence-corrected chi connectivity index (χ4v) is 4.15. The van der Waals surface area contributed by atoms with E-state index in [9.17, 15) is 4.79 Å². The minimum Gasteiger partial charge on any atom is -0.366 e. The van der Waals surface area contributed by atoms with Gasteiger partial charge in [0.15, 0.2) is 5.82 Å². The van der Waals surface area contributed by atoms with Crippen LogP contribution >= 0.6 is 11.9 Å². The first-order chi connectivity index (χ1) is 13.1. The van der Waals surface area contributed by atoms with E-state index in [1.807, 2.05) is 49.4 Å². The predicted octanol–water partition coefficient (Wildman–Crippen LogP) is 2.21. The number of anilines is 1. The van der Waals surface area contributed by atoms with Crippen molar-refractivity contribution in [2.45, 2.75) is 18.7 Å². The lowest BCUT2D eigenvalue weighted by Gasteiger charge is -2.20. The van der Waals surface area contributed by atoms with E-state index < -0.39 is 5.91 Å². The van der Waals surface area contributed by atoms with Crippen molar-refractivity contribution in [2.75, 3.05) is 5.32 Å². The number of nitrogens with zero attached hydrogens (tertiary/aromatic N) is 4. The van der Waals surface area contributed by atoms with Gasteiger partial charge in [-0.2, -0.15) is 9.97 Å². The van der Waals surface area contributed by atoms with Gasteiger partial charge in [0.05, 0.1) is 5.25 Å². The summed E-state index contributed by atoms with van der Waals surface area (Å²) in [4.78, 5) is 25.0. The standard InChI is InChI=1S/C19H18N6OS/c1-11-22-18(24-19(23-11)21-10-12-6-3-2-4-7-12)15-13-8-5-9-14(17(20)26)16(13)27-25-15/h2-9,13,16H,10H2,1H3,(H2,20,26)(H,21,22,23,24). The Hall–Kier alpha value is -3.00. The zero-order valence-electron chi connectivity index (χ0n) is 14.7. The van der Waals surface area contributed by atoms with Crippen LogP contribution in [0.4, 0.5) is 5.95 Å². The van der Waals surface area contributed by atoms with Crippen LogP contribution in [0.25, 0.3) is 0 Å². The maximum Gasteiger partial charge on any atom is 0.245 e. The van der Waals surface area contributed by atoms with E-state index in [0.717, 1.165) is 11.3 Å². The molecule has 0 bridgehead atoms. The summed E-state index contributed by atoms with van der Waals surface area (Å²) >= 11 is 1.33. The number of aryl methyl sites for hydroxylation is 1. The molecule has 4 rings (SSSR count). The topological polar surface area (TPSA) is 106 Å². The van der Waals surface area contributed by atoms with Gasteiger partial charge in [-0.15, -0.1) is 0 Å². The maximum atomic E-state index is 11.7. The lowest BCUT2D eigenvalue weighted by Crippen LogP contribution is -2.31. The number of hydrogen-bond acceptors (Lipinski definition) is 7. The number of benzene rings is 1. The van der Waals surface area contributed by atoms with Gasteiger partial charge in [0, 0.05) is 18.0 Å². The van der Waals surface area contributed by atoms with Crippen molar-refractivity contribution in [3.05, 3.63) is 71.3 Å². The molecule has 1 aromatic carbocycles. The molecule has 8 heteroatoms. The summed E-state index contributed by atoms with van der Waals surface area (Å²) in [6, 6.07) is 10.0. The van der Waals surface area contributed by atoms with Crippen LogP contribution in [0.15, 0.2) is 58.5 Å². The second kappa shape index (κ2) is 7.32. The number of primary amides is 1. The monoisotopic (exact) mass is 378 g/mol. The molecule has 2 aliphatic rings. The summed E-state index contributed by atoms with van der Waals surface area (Å²) in [5, 5.41) is 3.11. The zero-order chi connectivity index (χ0) is 18.8. The number of aromatic nitrogens is 3. The number of nitrogens with one attached hydrogen (secondary N) is 1. The highest BCUT2D eigenvalue weighted by molar-refractivity contribution is 7.99. The number of nitrogens with two attached hydrogens (primary N) is 1.